The van der Waals surface area contributed by atoms with Gasteiger partial charge in [-0.3, -0.25) is 4.90 Å². The van der Waals surface area contributed by atoms with Gasteiger partial charge in [0.05, 0.1) is 11.9 Å². The molecule has 0 radical (unpaired) electrons. The van der Waals surface area contributed by atoms with Crippen molar-refractivity contribution in [3.8, 4) is 0 Å². The Morgan fingerprint density at radius 3 is 2.97 bits per heavy atom. The molecule has 0 aromatic carbocycles. The van der Waals surface area contributed by atoms with Crippen LogP contribution in [0.1, 0.15) is 54.2 Å². The Labute approximate surface area is 172 Å². The molecular weight excluding hydrogens is 364 g/mol. The molecule has 154 valence electrons. The SMILES string of the molecule is C=Cn1ncc(CN2C3CCC2c2cnc(N4CCCC(CO)C4)nc2C3)c1C. The van der Waals surface area contributed by atoms with Crippen LogP contribution < -0.4 is 4.90 Å². The first-order valence-corrected chi connectivity index (χ1v) is 10.8. The summed E-state index contributed by atoms with van der Waals surface area (Å²) in [6.07, 6.45) is 11.4. The molecule has 3 unspecified atom stereocenters. The van der Waals surface area contributed by atoms with Crippen LogP contribution in [0.2, 0.25) is 0 Å². The Morgan fingerprint density at radius 1 is 1.28 bits per heavy atom. The summed E-state index contributed by atoms with van der Waals surface area (Å²) in [5, 5.41) is 13.9. The zero-order valence-electron chi connectivity index (χ0n) is 17.2. The van der Waals surface area contributed by atoms with Crippen molar-refractivity contribution in [3.63, 3.8) is 0 Å². The molecule has 0 spiro atoms. The van der Waals surface area contributed by atoms with Gasteiger partial charge in [0.15, 0.2) is 0 Å². The van der Waals surface area contributed by atoms with Crippen LogP contribution in [0.3, 0.4) is 0 Å². The second-order valence-electron chi connectivity index (χ2n) is 8.71. The van der Waals surface area contributed by atoms with Gasteiger partial charge in [0.25, 0.3) is 0 Å². The quantitative estimate of drug-likeness (QED) is 0.840. The van der Waals surface area contributed by atoms with Crippen molar-refractivity contribution in [1.82, 2.24) is 24.6 Å². The van der Waals surface area contributed by atoms with E-state index in [0.717, 1.165) is 44.8 Å². The number of fused-ring (bicyclic) bond motifs is 4. The van der Waals surface area contributed by atoms with Crippen LogP contribution in [0.25, 0.3) is 6.20 Å². The van der Waals surface area contributed by atoms with Crippen LogP contribution in [0.5, 0.6) is 0 Å². The molecule has 7 heteroatoms. The molecule has 2 aromatic heterocycles. The summed E-state index contributed by atoms with van der Waals surface area (Å²) in [4.78, 5) is 14.6. The standard InChI is InChI=1S/C22H30N6O/c1-3-28-15(2)17(10-24-28)13-27-18-6-7-21(27)19-11-23-22(25-20(19)9-18)26-8-4-5-16(12-26)14-29/h3,10-11,16,18,21,29H,1,4-9,12-14H2,2H3. The lowest BCUT2D eigenvalue weighted by atomic mass is 9.98. The molecular formula is C22H30N6O. The maximum Gasteiger partial charge on any atom is 0.225 e. The Morgan fingerprint density at radius 2 is 2.17 bits per heavy atom. The third-order valence-electron chi connectivity index (χ3n) is 7.05. The highest BCUT2D eigenvalue weighted by Crippen LogP contribution is 2.44. The smallest absolute Gasteiger partial charge is 0.225 e. The summed E-state index contributed by atoms with van der Waals surface area (Å²) >= 11 is 0. The first kappa shape index (κ1) is 18.8. The number of hydrogen-bond donors (Lipinski definition) is 1. The molecule has 2 saturated heterocycles. The Balaban J connectivity index is 1.37. The highest BCUT2D eigenvalue weighted by molar-refractivity contribution is 5.38. The normalized spacial score (nSPS) is 26.6. The summed E-state index contributed by atoms with van der Waals surface area (Å²) in [6.45, 7) is 8.96. The lowest BCUT2D eigenvalue weighted by Gasteiger charge is -2.37. The molecule has 0 saturated carbocycles. The number of nitrogens with zero attached hydrogens (tertiary/aromatic N) is 6. The molecule has 29 heavy (non-hydrogen) atoms. The third-order valence-corrected chi connectivity index (χ3v) is 7.05. The molecule has 0 aliphatic carbocycles. The zero-order chi connectivity index (χ0) is 20.0. The number of rotatable bonds is 5. The highest BCUT2D eigenvalue weighted by Gasteiger charge is 2.41. The largest absolute Gasteiger partial charge is 0.396 e. The molecule has 3 aliphatic heterocycles. The van der Waals surface area contributed by atoms with E-state index >= 15 is 0 Å². The van der Waals surface area contributed by atoms with Crippen LogP contribution in [0, 0.1) is 12.8 Å². The Kier molecular flexibility index (Phi) is 4.87. The predicted octanol–water partition coefficient (Wildman–Crippen LogP) is 2.55. The van der Waals surface area contributed by atoms with E-state index in [1.165, 1.54) is 35.4 Å². The minimum Gasteiger partial charge on any atom is -0.396 e. The van der Waals surface area contributed by atoms with Gasteiger partial charge in [-0.15, -0.1) is 0 Å². The summed E-state index contributed by atoms with van der Waals surface area (Å²) in [7, 11) is 0. The number of hydrogen-bond acceptors (Lipinski definition) is 6. The van der Waals surface area contributed by atoms with Crippen molar-refractivity contribution in [2.24, 2.45) is 5.92 Å². The number of aliphatic hydroxyl groups is 1. The topological polar surface area (TPSA) is 70.3 Å². The molecule has 3 atom stereocenters. The monoisotopic (exact) mass is 394 g/mol. The van der Waals surface area contributed by atoms with Crippen LogP contribution in [-0.2, 0) is 13.0 Å². The maximum absolute atomic E-state index is 9.53. The fraction of sp³-hybridized carbons (Fsp3) is 0.591. The van der Waals surface area contributed by atoms with Crippen LogP contribution in [-0.4, -0.2) is 55.5 Å². The lowest BCUT2D eigenvalue weighted by molar-refractivity contribution is 0.165. The van der Waals surface area contributed by atoms with E-state index < -0.39 is 0 Å². The van der Waals surface area contributed by atoms with Crippen molar-refractivity contribution < 1.29 is 5.11 Å². The van der Waals surface area contributed by atoms with Crippen molar-refractivity contribution >= 4 is 12.1 Å². The van der Waals surface area contributed by atoms with E-state index in [-0.39, 0.29) is 6.61 Å². The van der Waals surface area contributed by atoms with Gasteiger partial charge in [0, 0.05) is 74.0 Å². The van der Waals surface area contributed by atoms with Crippen LogP contribution in [0.4, 0.5) is 5.95 Å². The maximum atomic E-state index is 9.53. The number of anilines is 1. The fourth-order valence-electron chi connectivity index (χ4n) is 5.35. The average molecular weight is 395 g/mol. The van der Waals surface area contributed by atoms with Gasteiger partial charge < -0.3 is 10.0 Å². The first-order chi connectivity index (χ1) is 14.2. The van der Waals surface area contributed by atoms with Gasteiger partial charge >= 0.3 is 0 Å². The summed E-state index contributed by atoms with van der Waals surface area (Å²) in [5.74, 6) is 1.19. The molecule has 5 rings (SSSR count). The van der Waals surface area contributed by atoms with E-state index in [1.807, 2.05) is 10.9 Å². The number of piperidine rings is 1. The molecule has 2 bridgehead atoms. The second kappa shape index (κ2) is 7.54. The predicted molar refractivity (Wildman–Crippen MR) is 112 cm³/mol. The van der Waals surface area contributed by atoms with Gasteiger partial charge in [0.2, 0.25) is 5.95 Å². The average Bonchev–Trinajstić information content (AvgIpc) is 3.25. The van der Waals surface area contributed by atoms with Crippen molar-refractivity contribution in [1.29, 1.82) is 0 Å². The lowest BCUT2D eigenvalue weighted by Crippen LogP contribution is -2.40. The van der Waals surface area contributed by atoms with Gasteiger partial charge in [-0.05, 0) is 38.5 Å². The summed E-state index contributed by atoms with van der Waals surface area (Å²) in [5.41, 5.74) is 4.96. The third kappa shape index (κ3) is 3.26. The fourth-order valence-corrected chi connectivity index (χ4v) is 5.35. The first-order valence-electron chi connectivity index (χ1n) is 10.8. The summed E-state index contributed by atoms with van der Waals surface area (Å²) in [6, 6.07) is 0.934. The summed E-state index contributed by atoms with van der Waals surface area (Å²) < 4.78 is 1.85. The van der Waals surface area contributed by atoms with E-state index in [2.05, 4.69) is 34.6 Å². The van der Waals surface area contributed by atoms with Gasteiger partial charge in [-0.2, -0.15) is 5.10 Å². The zero-order valence-corrected chi connectivity index (χ0v) is 17.2. The molecule has 2 aromatic rings. The molecule has 3 aliphatic rings. The van der Waals surface area contributed by atoms with Crippen LogP contribution >= 0.6 is 0 Å². The minimum absolute atomic E-state index is 0.252. The van der Waals surface area contributed by atoms with E-state index in [4.69, 9.17) is 9.97 Å². The molecule has 0 amide bonds. The highest BCUT2D eigenvalue weighted by atomic mass is 16.3. The molecule has 2 fully saturated rings. The van der Waals surface area contributed by atoms with Gasteiger partial charge in [-0.25, -0.2) is 14.6 Å². The van der Waals surface area contributed by atoms with Crippen molar-refractivity contribution in [2.45, 2.75) is 57.7 Å². The van der Waals surface area contributed by atoms with E-state index in [1.54, 1.807) is 6.20 Å². The van der Waals surface area contributed by atoms with E-state index in [9.17, 15) is 5.11 Å². The molecule has 7 nitrogen and oxygen atoms in total. The Bertz CT molecular complexity index is 909. The van der Waals surface area contributed by atoms with Gasteiger partial charge in [0.1, 0.15) is 0 Å². The molecule has 1 N–H and O–H groups in total. The van der Waals surface area contributed by atoms with Crippen LogP contribution in [0.15, 0.2) is 19.0 Å². The van der Waals surface area contributed by atoms with Crippen molar-refractivity contribution in [2.75, 3.05) is 24.6 Å². The minimum atomic E-state index is 0.252. The second-order valence-corrected chi connectivity index (χ2v) is 8.71. The number of aliphatic hydroxyl groups excluding tert-OH is 1. The van der Waals surface area contributed by atoms with Crippen molar-refractivity contribution in [3.05, 3.63) is 41.5 Å². The number of aromatic nitrogens is 4. The molecule has 5 heterocycles. The van der Waals surface area contributed by atoms with Gasteiger partial charge in [-0.1, -0.05) is 6.58 Å². The van der Waals surface area contributed by atoms with E-state index in [0.29, 0.717) is 18.0 Å². The Hall–Kier alpha value is -2.25.